The molecule has 1 aliphatic heterocycles. The Balaban J connectivity index is 0.00000385. The first-order chi connectivity index (χ1) is 15.2. The molecule has 0 bridgehead atoms. The van der Waals surface area contributed by atoms with Crippen molar-refractivity contribution in [1.82, 2.24) is 15.1 Å². The summed E-state index contributed by atoms with van der Waals surface area (Å²) in [5.74, 6) is 2.33. The van der Waals surface area contributed by atoms with E-state index in [9.17, 15) is 9.90 Å². The number of hydrogen-bond acceptors (Lipinski definition) is 5. The third-order valence-corrected chi connectivity index (χ3v) is 5.92. The van der Waals surface area contributed by atoms with Gasteiger partial charge in [0.15, 0.2) is 5.96 Å². The monoisotopic (exact) mass is 574 g/mol. The Labute approximate surface area is 214 Å². The van der Waals surface area contributed by atoms with E-state index in [0.717, 1.165) is 44.0 Å². The molecule has 1 heterocycles. The molecule has 2 N–H and O–H groups in total. The number of aromatic hydroxyl groups is 1. The van der Waals surface area contributed by atoms with Crippen LogP contribution in [0.4, 0.5) is 4.79 Å². The topological polar surface area (TPSA) is 86.6 Å². The SMILES string of the molecule is CN=C(NCc1cc(OC)ccc1O)N1CCC(N(CC2CC2)C(=O)OC(C)(C)C)CC1.I. The number of likely N-dealkylation sites (tertiary alicyclic amines) is 1. The molecule has 0 spiro atoms. The summed E-state index contributed by atoms with van der Waals surface area (Å²) in [5, 5.41) is 13.5. The molecule has 0 atom stereocenters. The van der Waals surface area contributed by atoms with Gasteiger partial charge in [-0.3, -0.25) is 4.99 Å². The highest BCUT2D eigenvalue weighted by Crippen LogP contribution is 2.32. The van der Waals surface area contributed by atoms with Gasteiger partial charge in [0, 0.05) is 44.8 Å². The predicted molar refractivity (Wildman–Crippen MR) is 141 cm³/mol. The van der Waals surface area contributed by atoms with Crippen molar-refractivity contribution in [2.45, 2.75) is 64.6 Å². The summed E-state index contributed by atoms with van der Waals surface area (Å²) in [6.45, 7) is 8.59. The summed E-state index contributed by atoms with van der Waals surface area (Å²) in [6.07, 6.45) is 3.95. The summed E-state index contributed by atoms with van der Waals surface area (Å²) in [4.78, 5) is 21.5. The number of aliphatic imine (C=N–C) groups is 1. The lowest BCUT2D eigenvalue weighted by atomic mass is 10.0. The molecule has 33 heavy (non-hydrogen) atoms. The molecule has 2 aliphatic rings. The predicted octanol–water partition coefficient (Wildman–Crippen LogP) is 4.21. The molecule has 1 saturated carbocycles. The number of piperidine rings is 1. The molecule has 186 valence electrons. The van der Waals surface area contributed by atoms with E-state index >= 15 is 0 Å². The van der Waals surface area contributed by atoms with Gasteiger partial charge in [-0.2, -0.15) is 0 Å². The summed E-state index contributed by atoms with van der Waals surface area (Å²) in [7, 11) is 3.37. The highest BCUT2D eigenvalue weighted by atomic mass is 127. The zero-order chi connectivity index (χ0) is 23.3. The number of phenolic OH excluding ortho intramolecular Hbond substituents is 1. The lowest BCUT2D eigenvalue weighted by Crippen LogP contribution is -2.52. The maximum absolute atomic E-state index is 12.9. The van der Waals surface area contributed by atoms with Gasteiger partial charge in [-0.25, -0.2) is 4.79 Å². The summed E-state index contributed by atoms with van der Waals surface area (Å²) >= 11 is 0. The van der Waals surface area contributed by atoms with E-state index in [0.29, 0.717) is 18.2 Å². The van der Waals surface area contributed by atoms with Gasteiger partial charge < -0.3 is 29.7 Å². The number of phenols is 1. The highest BCUT2D eigenvalue weighted by Gasteiger charge is 2.35. The van der Waals surface area contributed by atoms with E-state index < -0.39 is 5.60 Å². The van der Waals surface area contributed by atoms with Crippen molar-refractivity contribution >= 4 is 36.0 Å². The Morgan fingerprint density at radius 3 is 2.45 bits per heavy atom. The second-order valence-electron chi connectivity index (χ2n) is 9.69. The molecule has 8 nitrogen and oxygen atoms in total. The summed E-state index contributed by atoms with van der Waals surface area (Å²) in [6, 6.07) is 5.37. The Bertz CT molecular complexity index is 815. The first-order valence-corrected chi connectivity index (χ1v) is 11.5. The van der Waals surface area contributed by atoms with Gasteiger partial charge in [0.25, 0.3) is 0 Å². The Hall–Kier alpha value is -1.91. The number of methoxy groups -OCH3 is 1. The van der Waals surface area contributed by atoms with E-state index in [1.165, 1.54) is 12.8 Å². The molecule has 0 unspecified atom stereocenters. The summed E-state index contributed by atoms with van der Waals surface area (Å²) < 4.78 is 11.0. The minimum absolute atomic E-state index is 0. The van der Waals surface area contributed by atoms with Gasteiger partial charge in [-0.05, 0) is 70.6 Å². The smallest absolute Gasteiger partial charge is 0.410 e. The lowest BCUT2D eigenvalue weighted by molar-refractivity contribution is 0.00928. The van der Waals surface area contributed by atoms with Gasteiger partial charge in [0.2, 0.25) is 0 Å². The van der Waals surface area contributed by atoms with E-state index in [1.54, 1.807) is 26.3 Å². The van der Waals surface area contributed by atoms with Crippen LogP contribution in [0.15, 0.2) is 23.2 Å². The number of guanidine groups is 1. The van der Waals surface area contributed by atoms with Gasteiger partial charge >= 0.3 is 6.09 Å². The van der Waals surface area contributed by atoms with E-state index in [2.05, 4.69) is 15.2 Å². The lowest BCUT2D eigenvalue weighted by Gasteiger charge is -2.40. The fourth-order valence-corrected chi connectivity index (χ4v) is 4.00. The van der Waals surface area contributed by atoms with Crippen LogP contribution in [0.25, 0.3) is 0 Å². The number of carbonyl (C=O) groups excluding carboxylic acids is 1. The van der Waals surface area contributed by atoms with Crippen molar-refractivity contribution in [2.24, 2.45) is 10.9 Å². The van der Waals surface area contributed by atoms with Crippen molar-refractivity contribution in [3.8, 4) is 11.5 Å². The number of hydrogen-bond donors (Lipinski definition) is 2. The largest absolute Gasteiger partial charge is 0.508 e. The minimum atomic E-state index is -0.489. The average Bonchev–Trinajstić information content (AvgIpc) is 3.57. The molecule has 1 aromatic rings. The maximum Gasteiger partial charge on any atom is 0.410 e. The van der Waals surface area contributed by atoms with Crippen LogP contribution < -0.4 is 10.1 Å². The molecular weight excluding hydrogens is 535 g/mol. The molecule has 1 aliphatic carbocycles. The maximum atomic E-state index is 12.9. The molecular formula is C24H39IN4O4. The first-order valence-electron chi connectivity index (χ1n) is 11.5. The normalized spacial score (nSPS) is 17.2. The Morgan fingerprint density at radius 2 is 1.91 bits per heavy atom. The van der Waals surface area contributed by atoms with Crippen molar-refractivity contribution in [3.63, 3.8) is 0 Å². The van der Waals surface area contributed by atoms with E-state index in [4.69, 9.17) is 9.47 Å². The molecule has 2 fully saturated rings. The van der Waals surface area contributed by atoms with Gasteiger partial charge in [-0.1, -0.05) is 0 Å². The Morgan fingerprint density at radius 1 is 1.24 bits per heavy atom. The zero-order valence-electron chi connectivity index (χ0n) is 20.5. The van der Waals surface area contributed by atoms with Crippen molar-refractivity contribution in [3.05, 3.63) is 23.8 Å². The van der Waals surface area contributed by atoms with Gasteiger partial charge in [0.05, 0.1) is 7.11 Å². The fraction of sp³-hybridized carbons (Fsp3) is 0.667. The van der Waals surface area contributed by atoms with Crippen molar-refractivity contribution in [2.75, 3.05) is 33.8 Å². The van der Waals surface area contributed by atoms with Crippen LogP contribution in [0, 0.1) is 5.92 Å². The number of nitrogens with one attached hydrogen (secondary N) is 1. The van der Waals surface area contributed by atoms with Crippen LogP contribution in [0.2, 0.25) is 0 Å². The van der Waals surface area contributed by atoms with Crippen LogP contribution in [0.1, 0.15) is 52.0 Å². The van der Waals surface area contributed by atoms with Crippen LogP contribution in [0.5, 0.6) is 11.5 Å². The Kier molecular flexibility index (Phi) is 9.93. The second kappa shape index (κ2) is 12.0. The molecule has 3 rings (SSSR count). The van der Waals surface area contributed by atoms with Crippen LogP contribution in [0.3, 0.4) is 0 Å². The highest BCUT2D eigenvalue weighted by molar-refractivity contribution is 14.0. The van der Waals surface area contributed by atoms with Crippen LogP contribution in [-0.4, -0.2) is 72.4 Å². The third kappa shape index (κ3) is 8.12. The minimum Gasteiger partial charge on any atom is -0.508 e. The number of carbonyl (C=O) groups is 1. The summed E-state index contributed by atoms with van der Waals surface area (Å²) in [5.41, 5.74) is 0.262. The molecule has 1 aromatic carbocycles. The second-order valence-corrected chi connectivity index (χ2v) is 9.69. The zero-order valence-corrected chi connectivity index (χ0v) is 22.8. The molecule has 1 saturated heterocycles. The number of benzene rings is 1. The molecule has 0 radical (unpaired) electrons. The van der Waals surface area contributed by atoms with Gasteiger partial charge in [0.1, 0.15) is 17.1 Å². The van der Waals surface area contributed by atoms with Crippen LogP contribution in [-0.2, 0) is 11.3 Å². The van der Waals surface area contributed by atoms with E-state index in [-0.39, 0.29) is 41.9 Å². The third-order valence-electron chi connectivity index (χ3n) is 5.92. The standard InChI is InChI=1S/C24H38N4O4.HI/c1-24(2,3)32-23(30)28(16-17-6-7-17)19-10-12-27(13-11-19)22(25-4)26-15-18-14-20(31-5)8-9-21(18)29;/h8-9,14,17,19,29H,6-7,10-13,15-16H2,1-5H3,(H,25,26);1H. The quantitative estimate of drug-likeness (QED) is 0.301. The average molecular weight is 575 g/mol. The van der Waals surface area contributed by atoms with Crippen LogP contribution >= 0.6 is 24.0 Å². The van der Waals surface area contributed by atoms with Crippen molar-refractivity contribution in [1.29, 1.82) is 0 Å². The molecule has 1 amide bonds. The fourth-order valence-electron chi connectivity index (χ4n) is 4.00. The van der Waals surface area contributed by atoms with E-state index in [1.807, 2.05) is 31.7 Å². The van der Waals surface area contributed by atoms with Gasteiger partial charge in [-0.15, -0.1) is 24.0 Å². The number of rotatable bonds is 6. The number of ether oxygens (including phenoxy) is 2. The molecule has 0 aromatic heterocycles. The van der Waals surface area contributed by atoms with Crippen molar-refractivity contribution < 1.29 is 19.4 Å². The number of halogens is 1. The first kappa shape index (κ1) is 27.3. The number of amides is 1. The molecule has 9 heteroatoms. The number of nitrogens with zero attached hydrogens (tertiary/aromatic N) is 3.